The maximum Gasteiger partial charge on any atom is 0.226 e. The quantitative estimate of drug-likeness (QED) is 0.864. The van der Waals surface area contributed by atoms with Gasteiger partial charge in [0.25, 0.3) is 0 Å². The molecule has 0 aromatic carbocycles. The number of likely N-dealkylation sites (tertiary alicyclic amines) is 2. The van der Waals surface area contributed by atoms with Crippen LogP contribution in [0.2, 0.25) is 0 Å². The summed E-state index contributed by atoms with van der Waals surface area (Å²) in [5.41, 5.74) is 6.36. The Morgan fingerprint density at radius 3 is 2.33 bits per heavy atom. The fourth-order valence-corrected chi connectivity index (χ4v) is 4.32. The second kappa shape index (κ2) is 5.54. The normalized spacial score (nSPS) is 29.7. The molecule has 2 aliphatic heterocycles. The van der Waals surface area contributed by atoms with E-state index in [1.54, 1.807) is 0 Å². The summed E-state index contributed by atoms with van der Waals surface area (Å²) in [6.45, 7) is 9.38. The van der Waals surface area contributed by atoms with E-state index in [2.05, 4.69) is 23.6 Å². The van der Waals surface area contributed by atoms with Crippen LogP contribution in [-0.2, 0) is 4.79 Å². The predicted molar refractivity (Wildman–Crippen MR) is 84.9 cm³/mol. The van der Waals surface area contributed by atoms with Gasteiger partial charge in [-0.2, -0.15) is 0 Å². The van der Waals surface area contributed by atoms with Crippen molar-refractivity contribution < 1.29 is 4.79 Å². The Morgan fingerprint density at radius 2 is 1.76 bits per heavy atom. The van der Waals surface area contributed by atoms with Crippen LogP contribution in [0.3, 0.4) is 0 Å². The van der Waals surface area contributed by atoms with Crippen molar-refractivity contribution in [3.05, 3.63) is 0 Å². The van der Waals surface area contributed by atoms with Crippen LogP contribution in [0.15, 0.2) is 0 Å². The smallest absolute Gasteiger partial charge is 0.226 e. The molecule has 0 aromatic rings. The molecule has 4 nitrogen and oxygen atoms in total. The zero-order chi connectivity index (χ0) is 15.1. The Bertz CT molecular complexity index is 387. The van der Waals surface area contributed by atoms with Gasteiger partial charge >= 0.3 is 0 Å². The molecule has 3 fully saturated rings. The highest BCUT2D eigenvalue weighted by Crippen LogP contribution is 2.60. The van der Waals surface area contributed by atoms with E-state index in [4.69, 9.17) is 5.73 Å². The number of rotatable bonds is 3. The van der Waals surface area contributed by atoms with E-state index in [9.17, 15) is 4.79 Å². The van der Waals surface area contributed by atoms with Crippen molar-refractivity contribution in [2.75, 3.05) is 32.7 Å². The molecule has 2 N–H and O–H groups in total. The highest BCUT2D eigenvalue weighted by atomic mass is 16.2. The van der Waals surface area contributed by atoms with E-state index in [0.29, 0.717) is 17.2 Å². The molecule has 1 unspecified atom stereocenters. The van der Waals surface area contributed by atoms with Gasteiger partial charge in [-0.05, 0) is 70.9 Å². The van der Waals surface area contributed by atoms with Crippen LogP contribution in [0.1, 0.15) is 52.4 Å². The summed E-state index contributed by atoms with van der Waals surface area (Å²) in [5.74, 6) is 0.797. The van der Waals surface area contributed by atoms with Gasteiger partial charge in [0, 0.05) is 31.1 Å². The van der Waals surface area contributed by atoms with Gasteiger partial charge in [0.15, 0.2) is 0 Å². The molecule has 1 spiro atoms. The van der Waals surface area contributed by atoms with Crippen LogP contribution >= 0.6 is 0 Å². The summed E-state index contributed by atoms with van der Waals surface area (Å²) < 4.78 is 0. The Kier molecular flexibility index (Phi) is 4.04. The summed E-state index contributed by atoms with van der Waals surface area (Å²) in [6, 6.07) is 0. The number of hydrogen-bond donors (Lipinski definition) is 1. The summed E-state index contributed by atoms with van der Waals surface area (Å²) in [7, 11) is 0. The Labute approximate surface area is 129 Å². The average molecular weight is 293 g/mol. The van der Waals surface area contributed by atoms with Gasteiger partial charge in [0.1, 0.15) is 0 Å². The first-order valence-electron chi connectivity index (χ1n) is 8.70. The molecule has 0 aromatic heterocycles. The number of carbonyl (C=O) groups excluding carboxylic acids is 1. The summed E-state index contributed by atoms with van der Waals surface area (Å²) in [6.07, 6.45) is 7.21. The van der Waals surface area contributed by atoms with E-state index in [0.717, 1.165) is 39.1 Å². The lowest BCUT2D eigenvalue weighted by atomic mass is 9.89. The molecular weight excluding hydrogens is 262 g/mol. The third kappa shape index (κ3) is 3.42. The van der Waals surface area contributed by atoms with Gasteiger partial charge in [0.05, 0.1) is 0 Å². The lowest BCUT2D eigenvalue weighted by Crippen LogP contribution is -2.48. The Hall–Kier alpha value is -0.610. The molecule has 3 rings (SSSR count). The molecule has 120 valence electrons. The molecule has 2 heterocycles. The SMILES string of the molecule is CC(C)(N)CN1CCC2(CC1)CC2C(=O)N1CCCCC1. The van der Waals surface area contributed by atoms with Gasteiger partial charge in [-0.3, -0.25) is 4.79 Å². The highest BCUT2D eigenvalue weighted by Gasteiger charge is 2.59. The van der Waals surface area contributed by atoms with Crippen molar-refractivity contribution in [3.63, 3.8) is 0 Å². The van der Waals surface area contributed by atoms with E-state index >= 15 is 0 Å². The molecule has 0 radical (unpaired) electrons. The fourth-order valence-electron chi connectivity index (χ4n) is 4.32. The van der Waals surface area contributed by atoms with E-state index in [1.807, 2.05) is 0 Å². The molecule has 21 heavy (non-hydrogen) atoms. The van der Waals surface area contributed by atoms with Gasteiger partial charge in [0.2, 0.25) is 5.91 Å². The molecule has 1 amide bonds. The Morgan fingerprint density at radius 1 is 1.14 bits per heavy atom. The van der Waals surface area contributed by atoms with E-state index in [-0.39, 0.29) is 5.54 Å². The topological polar surface area (TPSA) is 49.6 Å². The number of nitrogens with zero attached hydrogens (tertiary/aromatic N) is 2. The van der Waals surface area contributed by atoms with Crippen LogP contribution in [0, 0.1) is 11.3 Å². The van der Waals surface area contributed by atoms with Gasteiger partial charge < -0.3 is 15.5 Å². The summed E-state index contributed by atoms with van der Waals surface area (Å²) >= 11 is 0. The lowest BCUT2D eigenvalue weighted by Gasteiger charge is -2.37. The maximum atomic E-state index is 12.6. The van der Waals surface area contributed by atoms with Crippen LogP contribution in [0.5, 0.6) is 0 Å². The number of nitrogens with two attached hydrogens (primary N) is 1. The second-order valence-electron chi connectivity index (χ2n) is 8.27. The van der Waals surface area contributed by atoms with Crippen molar-refractivity contribution in [2.45, 2.75) is 57.9 Å². The fraction of sp³-hybridized carbons (Fsp3) is 0.941. The summed E-state index contributed by atoms with van der Waals surface area (Å²) in [4.78, 5) is 17.3. The van der Waals surface area contributed by atoms with Crippen LogP contribution < -0.4 is 5.73 Å². The van der Waals surface area contributed by atoms with Crippen molar-refractivity contribution in [1.82, 2.24) is 9.80 Å². The summed E-state index contributed by atoms with van der Waals surface area (Å²) in [5, 5.41) is 0. The van der Waals surface area contributed by atoms with E-state index in [1.165, 1.54) is 32.1 Å². The minimum atomic E-state index is -0.114. The van der Waals surface area contributed by atoms with Crippen molar-refractivity contribution >= 4 is 5.91 Å². The first kappa shape index (κ1) is 15.3. The lowest BCUT2D eigenvalue weighted by molar-refractivity contribution is -0.134. The monoisotopic (exact) mass is 293 g/mol. The molecule has 3 aliphatic rings. The number of hydrogen-bond acceptors (Lipinski definition) is 3. The zero-order valence-corrected chi connectivity index (χ0v) is 13.7. The molecule has 0 bridgehead atoms. The Balaban J connectivity index is 1.50. The van der Waals surface area contributed by atoms with Crippen molar-refractivity contribution in [2.24, 2.45) is 17.1 Å². The first-order valence-corrected chi connectivity index (χ1v) is 8.70. The van der Waals surface area contributed by atoms with Gasteiger partial charge in [-0.25, -0.2) is 0 Å². The molecule has 1 atom stereocenters. The standard InChI is InChI=1S/C17H31N3O/c1-16(2,18)13-19-10-6-17(7-11-19)12-14(17)15(21)20-8-4-3-5-9-20/h14H,3-13,18H2,1-2H3. The number of carbonyl (C=O) groups is 1. The largest absolute Gasteiger partial charge is 0.342 e. The minimum absolute atomic E-state index is 0.114. The number of amides is 1. The average Bonchev–Trinajstić information content (AvgIpc) is 3.14. The minimum Gasteiger partial charge on any atom is -0.342 e. The molecular formula is C17H31N3O. The van der Waals surface area contributed by atoms with Crippen molar-refractivity contribution in [3.8, 4) is 0 Å². The second-order valence-corrected chi connectivity index (χ2v) is 8.27. The molecule has 1 saturated carbocycles. The predicted octanol–water partition coefficient (Wildman–Crippen LogP) is 1.84. The molecule has 2 saturated heterocycles. The maximum absolute atomic E-state index is 12.6. The third-order valence-electron chi connectivity index (χ3n) is 5.64. The van der Waals surface area contributed by atoms with Crippen LogP contribution in [0.25, 0.3) is 0 Å². The van der Waals surface area contributed by atoms with Gasteiger partial charge in [-0.15, -0.1) is 0 Å². The van der Waals surface area contributed by atoms with Crippen LogP contribution in [0.4, 0.5) is 0 Å². The first-order chi connectivity index (χ1) is 9.90. The molecule has 4 heteroatoms. The zero-order valence-electron chi connectivity index (χ0n) is 13.7. The van der Waals surface area contributed by atoms with Gasteiger partial charge in [-0.1, -0.05) is 0 Å². The van der Waals surface area contributed by atoms with Crippen LogP contribution in [-0.4, -0.2) is 54.0 Å². The molecule has 1 aliphatic carbocycles. The highest BCUT2D eigenvalue weighted by molar-refractivity contribution is 5.82. The van der Waals surface area contributed by atoms with Crippen molar-refractivity contribution in [1.29, 1.82) is 0 Å². The third-order valence-corrected chi connectivity index (χ3v) is 5.64. The number of piperidine rings is 2. The van der Waals surface area contributed by atoms with E-state index < -0.39 is 0 Å².